The number of carbonyl (C=O) groups excluding carboxylic acids is 1. The zero-order valence-corrected chi connectivity index (χ0v) is 14.9. The van der Waals surface area contributed by atoms with Crippen molar-refractivity contribution in [2.75, 3.05) is 10.6 Å². The van der Waals surface area contributed by atoms with Gasteiger partial charge in [-0.15, -0.1) is 0 Å². The van der Waals surface area contributed by atoms with Crippen LogP contribution in [0.2, 0.25) is 0 Å². The summed E-state index contributed by atoms with van der Waals surface area (Å²) in [6.07, 6.45) is 5.17. The average molecular weight is 350 g/mol. The Labute approximate surface area is 152 Å². The molecule has 1 amide bonds. The second-order valence-corrected chi connectivity index (χ2v) is 6.26. The number of anilines is 2. The predicted octanol–water partition coefficient (Wildman–Crippen LogP) is 3.05. The number of benzene rings is 1. The van der Waals surface area contributed by atoms with Crippen molar-refractivity contribution in [3.63, 3.8) is 0 Å². The van der Waals surface area contributed by atoms with Crippen molar-refractivity contribution >= 4 is 17.4 Å². The number of carbonyl (C=O) groups is 1. The minimum atomic E-state index is -0.115. The summed E-state index contributed by atoms with van der Waals surface area (Å²) in [6, 6.07) is 11.4. The Morgan fingerprint density at radius 1 is 1.19 bits per heavy atom. The van der Waals surface area contributed by atoms with E-state index in [9.17, 15) is 4.79 Å². The number of hydrogen-bond donors (Lipinski definition) is 2. The molecule has 3 rings (SSSR count). The summed E-state index contributed by atoms with van der Waals surface area (Å²) >= 11 is 0. The zero-order chi connectivity index (χ0) is 18.4. The molecular formula is C19H22N6O. The van der Waals surface area contributed by atoms with Crippen molar-refractivity contribution in [3.05, 3.63) is 66.4 Å². The van der Waals surface area contributed by atoms with Crippen LogP contribution in [0.15, 0.2) is 55.0 Å². The van der Waals surface area contributed by atoms with Crippen LogP contribution in [0.1, 0.15) is 31.2 Å². The number of nitrogens with zero attached hydrogens (tertiary/aromatic N) is 4. The van der Waals surface area contributed by atoms with Crippen LogP contribution >= 0.6 is 0 Å². The fraction of sp³-hybridized carbons (Fsp3) is 0.263. The van der Waals surface area contributed by atoms with Crippen molar-refractivity contribution in [1.29, 1.82) is 0 Å². The quantitative estimate of drug-likeness (QED) is 0.684. The van der Waals surface area contributed by atoms with Crippen molar-refractivity contribution < 1.29 is 4.79 Å². The number of rotatable bonds is 7. The van der Waals surface area contributed by atoms with Gasteiger partial charge in [-0.05, 0) is 29.8 Å². The predicted molar refractivity (Wildman–Crippen MR) is 101 cm³/mol. The van der Waals surface area contributed by atoms with Crippen LogP contribution in [-0.2, 0) is 17.9 Å². The van der Waals surface area contributed by atoms with Gasteiger partial charge in [-0.25, -0.2) is 9.97 Å². The van der Waals surface area contributed by atoms with Gasteiger partial charge in [-0.3, -0.25) is 9.48 Å². The van der Waals surface area contributed by atoms with Gasteiger partial charge >= 0.3 is 0 Å². The number of aromatic nitrogens is 4. The van der Waals surface area contributed by atoms with E-state index in [-0.39, 0.29) is 18.4 Å². The molecule has 0 fully saturated rings. The molecule has 7 nitrogen and oxygen atoms in total. The summed E-state index contributed by atoms with van der Waals surface area (Å²) in [5.74, 6) is 1.77. The lowest BCUT2D eigenvalue weighted by Crippen LogP contribution is -2.19. The molecule has 0 aliphatic carbocycles. The lowest BCUT2D eigenvalue weighted by atomic mass is 10.2. The van der Waals surface area contributed by atoms with E-state index in [0.717, 1.165) is 22.9 Å². The second-order valence-electron chi connectivity index (χ2n) is 6.26. The summed E-state index contributed by atoms with van der Waals surface area (Å²) in [6.45, 7) is 4.93. The van der Waals surface area contributed by atoms with Gasteiger partial charge in [0, 0.05) is 36.7 Å². The molecule has 0 aliphatic rings. The minimum absolute atomic E-state index is 0.115. The Balaban J connectivity index is 1.58. The first-order valence-electron chi connectivity index (χ1n) is 8.53. The topological polar surface area (TPSA) is 84.7 Å². The standard InChI is InChI=1S/C19H22N6O/c1-14(2)19-20-9-7-17(24-19)21-12-15-5-3-6-16(11-15)23-18(26)13-25-10-4-8-22-25/h3-11,14H,12-13H2,1-2H3,(H,23,26)(H,20,21,24). The largest absolute Gasteiger partial charge is 0.366 e. The summed E-state index contributed by atoms with van der Waals surface area (Å²) in [7, 11) is 0. The highest BCUT2D eigenvalue weighted by Gasteiger charge is 2.06. The molecule has 2 aromatic heterocycles. The molecule has 1 aromatic carbocycles. The van der Waals surface area contributed by atoms with Crippen LogP contribution in [0.4, 0.5) is 11.5 Å². The zero-order valence-electron chi connectivity index (χ0n) is 14.9. The van der Waals surface area contributed by atoms with Gasteiger partial charge in [0.15, 0.2) is 0 Å². The molecular weight excluding hydrogens is 328 g/mol. The van der Waals surface area contributed by atoms with Gasteiger partial charge in [-0.2, -0.15) is 5.10 Å². The maximum absolute atomic E-state index is 12.1. The molecule has 0 unspecified atom stereocenters. The maximum Gasteiger partial charge on any atom is 0.246 e. The van der Waals surface area contributed by atoms with Gasteiger partial charge in [-0.1, -0.05) is 26.0 Å². The highest BCUT2D eigenvalue weighted by atomic mass is 16.2. The summed E-state index contributed by atoms with van der Waals surface area (Å²) < 4.78 is 1.59. The van der Waals surface area contributed by atoms with Crippen molar-refractivity contribution in [2.24, 2.45) is 0 Å². The van der Waals surface area contributed by atoms with Crippen LogP contribution in [-0.4, -0.2) is 25.7 Å². The van der Waals surface area contributed by atoms with E-state index in [4.69, 9.17) is 0 Å². The fourth-order valence-corrected chi connectivity index (χ4v) is 2.44. The molecule has 7 heteroatoms. The third-order valence-corrected chi connectivity index (χ3v) is 3.74. The van der Waals surface area contributed by atoms with E-state index in [1.54, 1.807) is 29.3 Å². The van der Waals surface area contributed by atoms with E-state index in [0.29, 0.717) is 6.54 Å². The van der Waals surface area contributed by atoms with Crippen LogP contribution < -0.4 is 10.6 Å². The second kappa shape index (κ2) is 8.24. The normalized spacial score (nSPS) is 10.7. The van der Waals surface area contributed by atoms with E-state index >= 15 is 0 Å². The Morgan fingerprint density at radius 2 is 2.08 bits per heavy atom. The highest BCUT2D eigenvalue weighted by Crippen LogP contribution is 2.14. The molecule has 134 valence electrons. The molecule has 0 spiro atoms. The molecule has 0 saturated carbocycles. The molecule has 0 radical (unpaired) electrons. The summed E-state index contributed by atoms with van der Waals surface area (Å²) in [5.41, 5.74) is 1.80. The first-order chi connectivity index (χ1) is 12.6. The van der Waals surface area contributed by atoms with Crippen LogP contribution in [0.3, 0.4) is 0 Å². The molecule has 2 N–H and O–H groups in total. The monoisotopic (exact) mass is 350 g/mol. The lowest BCUT2D eigenvalue weighted by molar-refractivity contribution is -0.116. The third-order valence-electron chi connectivity index (χ3n) is 3.74. The summed E-state index contributed by atoms with van der Waals surface area (Å²) in [4.78, 5) is 20.8. The molecule has 0 bridgehead atoms. The van der Waals surface area contributed by atoms with Crippen molar-refractivity contribution in [2.45, 2.75) is 32.9 Å². The van der Waals surface area contributed by atoms with E-state index in [1.165, 1.54) is 0 Å². The molecule has 3 aromatic rings. The van der Waals surface area contributed by atoms with Gasteiger partial charge in [0.25, 0.3) is 0 Å². The van der Waals surface area contributed by atoms with E-state index in [2.05, 4.69) is 39.5 Å². The fourth-order valence-electron chi connectivity index (χ4n) is 2.44. The number of amides is 1. The summed E-state index contributed by atoms with van der Waals surface area (Å²) in [5, 5.41) is 10.2. The highest BCUT2D eigenvalue weighted by molar-refractivity contribution is 5.90. The third kappa shape index (κ3) is 4.89. The first kappa shape index (κ1) is 17.6. The molecule has 0 aliphatic heterocycles. The van der Waals surface area contributed by atoms with Crippen LogP contribution in [0, 0.1) is 0 Å². The lowest BCUT2D eigenvalue weighted by Gasteiger charge is -2.10. The Kier molecular flexibility index (Phi) is 5.58. The number of hydrogen-bond acceptors (Lipinski definition) is 5. The maximum atomic E-state index is 12.1. The van der Waals surface area contributed by atoms with Crippen LogP contribution in [0.25, 0.3) is 0 Å². The van der Waals surface area contributed by atoms with Crippen LogP contribution in [0.5, 0.6) is 0 Å². The molecule has 0 atom stereocenters. The molecule has 0 saturated heterocycles. The number of nitrogens with one attached hydrogen (secondary N) is 2. The SMILES string of the molecule is CC(C)c1nccc(NCc2cccc(NC(=O)Cn3cccn3)c2)n1. The molecule has 2 heterocycles. The smallest absolute Gasteiger partial charge is 0.246 e. The first-order valence-corrected chi connectivity index (χ1v) is 8.53. The van der Waals surface area contributed by atoms with Gasteiger partial charge in [0.1, 0.15) is 18.2 Å². The van der Waals surface area contributed by atoms with Crippen molar-refractivity contribution in [3.8, 4) is 0 Å². The van der Waals surface area contributed by atoms with Gasteiger partial charge in [0.05, 0.1) is 0 Å². The van der Waals surface area contributed by atoms with Crippen molar-refractivity contribution in [1.82, 2.24) is 19.7 Å². The van der Waals surface area contributed by atoms with Gasteiger partial charge < -0.3 is 10.6 Å². The Bertz CT molecular complexity index is 860. The van der Waals surface area contributed by atoms with E-state index in [1.807, 2.05) is 30.3 Å². The minimum Gasteiger partial charge on any atom is -0.366 e. The van der Waals surface area contributed by atoms with E-state index < -0.39 is 0 Å². The Hall–Kier alpha value is -3.22. The Morgan fingerprint density at radius 3 is 2.85 bits per heavy atom. The average Bonchev–Trinajstić information content (AvgIpc) is 3.13. The van der Waals surface area contributed by atoms with Gasteiger partial charge in [0.2, 0.25) is 5.91 Å². The molecule has 26 heavy (non-hydrogen) atoms.